The summed E-state index contributed by atoms with van der Waals surface area (Å²) >= 11 is 0. The van der Waals surface area contributed by atoms with Gasteiger partial charge in [0.2, 0.25) is 0 Å². The molecule has 1 aliphatic rings. The number of amidine groups is 2. The predicted octanol–water partition coefficient (Wildman–Crippen LogP) is 3.64. The average molecular weight is 260 g/mol. The van der Waals surface area contributed by atoms with Crippen LogP contribution in [0.2, 0.25) is 0 Å². The lowest BCUT2D eigenvalue weighted by Crippen LogP contribution is -2.33. The fraction of sp³-hybridized carbons (Fsp3) is 0.467. The second-order valence-electron chi connectivity index (χ2n) is 4.53. The molecular formula is C15H24N4. The van der Waals surface area contributed by atoms with E-state index in [4.69, 9.17) is 10.8 Å². The summed E-state index contributed by atoms with van der Waals surface area (Å²) in [5.74, 6) is 0.891. The van der Waals surface area contributed by atoms with Crippen LogP contribution >= 0.6 is 0 Å². The van der Waals surface area contributed by atoms with Crippen molar-refractivity contribution >= 4 is 23.0 Å². The van der Waals surface area contributed by atoms with Gasteiger partial charge in [-0.1, -0.05) is 19.9 Å². The number of hydrogen-bond donors (Lipinski definition) is 2. The van der Waals surface area contributed by atoms with Gasteiger partial charge in [0, 0.05) is 20.0 Å². The van der Waals surface area contributed by atoms with Crippen LogP contribution in [0.1, 0.15) is 32.8 Å². The maximum absolute atomic E-state index is 8.05. The number of fused-ring (bicyclic) bond motifs is 1. The van der Waals surface area contributed by atoms with Crippen molar-refractivity contribution in [2.45, 2.75) is 34.1 Å². The standard InChI is InChI=1S/C13H18N4.C2H6/c1-9-4-5-11-12(8-9)16(3)7-6-13(15)17(11)10(2)14;1-2/h4-5,8,14-15H,6-7H2,1-3H3;1-2H3. The number of nitrogens with one attached hydrogen (secondary N) is 2. The summed E-state index contributed by atoms with van der Waals surface area (Å²) in [5.41, 5.74) is 3.23. The van der Waals surface area contributed by atoms with Gasteiger partial charge in [0.05, 0.1) is 11.4 Å². The number of aryl methyl sites for hydroxylation is 1. The molecule has 4 nitrogen and oxygen atoms in total. The van der Waals surface area contributed by atoms with E-state index in [-0.39, 0.29) is 0 Å². The summed E-state index contributed by atoms with van der Waals surface area (Å²) in [5, 5.41) is 15.9. The highest BCUT2D eigenvalue weighted by atomic mass is 15.3. The lowest BCUT2D eigenvalue weighted by Gasteiger charge is -2.25. The van der Waals surface area contributed by atoms with E-state index in [1.54, 1.807) is 11.8 Å². The first-order valence-electron chi connectivity index (χ1n) is 6.75. The molecular weight excluding hydrogens is 236 g/mol. The van der Waals surface area contributed by atoms with Gasteiger partial charge in [0.25, 0.3) is 0 Å². The molecule has 0 saturated carbocycles. The molecule has 0 radical (unpaired) electrons. The van der Waals surface area contributed by atoms with E-state index in [9.17, 15) is 0 Å². The number of rotatable bonds is 0. The van der Waals surface area contributed by atoms with Crippen molar-refractivity contribution in [2.24, 2.45) is 0 Å². The molecule has 1 heterocycles. The highest BCUT2D eigenvalue weighted by Crippen LogP contribution is 2.33. The quantitative estimate of drug-likeness (QED) is 0.552. The molecule has 0 saturated heterocycles. The lowest BCUT2D eigenvalue weighted by atomic mass is 10.1. The number of nitrogens with zero attached hydrogens (tertiary/aromatic N) is 2. The highest BCUT2D eigenvalue weighted by molar-refractivity contribution is 6.18. The molecule has 0 bridgehead atoms. The third-order valence-corrected chi connectivity index (χ3v) is 3.07. The van der Waals surface area contributed by atoms with Crippen molar-refractivity contribution in [3.63, 3.8) is 0 Å². The maximum atomic E-state index is 8.05. The van der Waals surface area contributed by atoms with E-state index in [0.29, 0.717) is 18.1 Å². The Morgan fingerprint density at radius 1 is 1.21 bits per heavy atom. The Hall–Kier alpha value is -1.84. The van der Waals surface area contributed by atoms with Gasteiger partial charge in [-0.15, -0.1) is 0 Å². The van der Waals surface area contributed by atoms with E-state index in [1.807, 2.05) is 33.0 Å². The Morgan fingerprint density at radius 3 is 2.42 bits per heavy atom. The third-order valence-electron chi connectivity index (χ3n) is 3.07. The van der Waals surface area contributed by atoms with Gasteiger partial charge < -0.3 is 4.90 Å². The fourth-order valence-corrected chi connectivity index (χ4v) is 2.16. The minimum absolute atomic E-state index is 0.399. The SMILES string of the molecule is CC.CC(=N)N1C(=N)CCN(C)c2cc(C)ccc21. The molecule has 1 aromatic carbocycles. The number of anilines is 2. The largest absolute Gasteiger partial charge is 0.372 e. The van der Waals surface area contributed by atoms with Crippen molar-refractivity contribution in [3.8, 4) is 0 Å². The Morgan fingerprint density at radius 2 is 1.84 bits per heavy atom. The zero-order valence-corrected chi connectivity index (χ0v) is 12.5. The summed E-state index contributed by atoms with van der Waals surface area (Å²) in [6, 6.07) is 6.14. The molecule has 0 atom stereocenters. The van der Waals surface area contributed by atoms with Crippen LogP contribution in [0.5, 0.6) is 0 Å². The molecule has 1 aromatic rings. The van der Waals surface area contributed by atoms with Crippen molar-refractivity contribution in [1.82, 2.24) is 0 Å². The van der Waals surface area contributed by atoms with Gasteiger partial charge in [0.15, 0.2) is 0 Å². The second-order valence-corrected chi connectivity index (χ2v) is 4.53. The van der Waals surface area contributed by atoms with Crippen molar-refractivity contribution < 1.29 is 0 Å². The summed E-state index contributed by atoms with van der Waals surface area (Å²) in [4.78, 5) is 3.87. The van der Waals surface area contributed by atoms with Gasteiger partial charge in [-0.05, 0) is 31.5 Å². The van der Waals surface area contributed by atoms with Crippen LogP contribution in [0.3, 0.4) is 0 Å². The zero-order valence-electron chi connectivity index (χ0n) is 12.5. The molecule has 0 amide bonds. The normalized spacial score (nSPS) is 14.3. The minimum atomic E-state index is 0.399. The fourth-order valence-electron chi connectivity index (χ4n) is 2.16. The lowest BCUT2D eigenvalue weighted by molar-refractivity contribution is 0.924. The van der Waals surface area contributed by atoms with E-state index in [2.05, 4.69) is 17.9 Å². The summed E-state index contributed by atoms with van der Waals surface area (Å²) < 4.78 is 0. The van der Waals surface area contributed by atoms with E-state index >= 15 is 0 Å². The van der Waals surface area contributed by atoms with Crippen LogP contribution < -0.4 is 9.80 Å². The second kappa shape index (κ2) is 6.36. The smallest absolute Gasteiger partial charge is 0.108 e. The van der Waals surface area contributed by atoms with Crippen LogP contribution in [-0.4, -0.2) is 25.3 Å². The number of hydrogen-bond acceptors (Lipinski definition) is 3. The molecule has 0 aliphatic carbocycles. The first-order valence-corrected chi connectivity index (χ1v) is 6.75. The van der Waals surface area contributed by atoms with Crippen LogP contribution in [0.15, 0.2) is 18.2 Å². The first kappa shape index (κ1) is 15.2. The Bertz CT molecular complexity index is 479. The Labute approximate surface area is 116 Å². The van der Waals surface area contributed by atoms with Crippen LogP contribution in [0, 0.1) is 17.7 Å². The molecule has 0 spiro atoms. The molecule has 4 heteroatoms. The zero-order chi connectivity index (χ0) is 14.6. The van der Waals surface area contributed by atoms with Crippen molar-refractivity contribution in [3.05, 3.63) is 23.8 Å². The summed E-state index contributed by atoms with van der Waals surface area (Å²) in [6.45, 7) is 8.61. The van der Waals surface area contributed by atoms with Gasteiger partial charge in [-0.2, -0.15) is 0 Å². The average Bonchev–Trinajstić information content (AvgIpc) is 2.50. The monoisotopic (exact) mass is 260 g/mol. The Kier molecular flexibility index (Phi) is 5.10. The van der Waals surface area contributed by atoms with E-state index in [0.717, 1.165) is 17.9 Å². The molecule has 19 heavy (non-hydrogen) atoms. The van der Waals surface area contributed by atoms with Crippen molar-refractivity contribution in [1.29, 1.82) is 10.8 Å². The van der Waals surface area contributed by atoms with Gasteiger partial charge in [-0.25, -0.2) is 0 Å². The van der Waals surface area contributed by atoms with Crippen LogP contribution in [-0.2, 0) is 0 Å². The molecule has 2 rings (SSSR count). The highest BCUT2D eigenvalue weighted by Gasteiger charge is 2.23. The van der Waals surface area contributed by atoms with Crippen molar-refractivity contribution in [2.75, 3.05) is 23.4 Å². The molecule has 0 fully saturated rings. The van der Waals surface area contributed by atoms with Gasteiger partial charge in [0.1, 0.15) is 11.7 Å². The summed E-state index contributed by atoms with van der Waals surface area (Å²) in [6.07, 6.45) is 0.667. The van der Waals surface area contributed by atoms with E-state index in [1.165, 1.54) is 5.56 Å². The maximum Gasteiger partial charge on any atom is 0.108 e. The molecule has 0 aromatic heterocycles. The predicted molar refractivity (Wildman–Crippen MR) is 84.0 cm³/mol. The van der Waals surface area contributed by atoms with Gasteiger partial charge >= 0.3 is 0 Å². The Balaban J connectivity index is 0.000000861. The number of benzene rings is 1. The third kappa shape index (κ3) is 3.13. The van der Waals surface area contributed by atoms with Crippen LogP contribution in [0.25, 0.3) is 0 Å². The first-order chi connectivity index (χ1) is 9.00. The molecule has 0 unspecified atom stereocenters. The molecule has 2 N–H and O–H groups in total. The molecule has 1 aliphatic heterocycles. The van der Waals surface area contributed by atoms with E-state index < -0.39 is 0 Å². The molecule has 104 valence electrons. The van der Waals surface area contributed by atoms with Crippen LogP contribution in [0.4, 0.5) is 11.4 Å². The topological polar surface area (TPSA) is 54.2 Å². The van der Waals surface area contributed by atoms with Gasteiger partial charge in [-0.3, -0.25) is 15.7 Å². The minimum Gasteiger partial charge on any atom is -0.372 e. The summed E-state index contributed by atoms with van der Waals surface area (Å²) in [7, 11) is 2.04.